The molecule has 0 radical (unpaired) electrons. The summed E-state index contributed by atoms with van der Waals surface area (Å²) in [4.78, 5) is 10.7. The van der Waals surface area contributed by atoms with Crippen molar-refractivity contribution in [1.82, 2.24) is 4.90 Å². The standard InChI is InChI=1S/C32H41N5/c1-8-10-27(17-19-33)28-13-16-31(24(3)21-28)25(4)22-29(23-34-5)32(35-9-2)36-30-14-11-26(12-15-30)18-20-37(6)7/h9-17,19,21-23H,2,5,8,18,20,33H2,1,3-4,6-7H3,(H,35,36)/b19-17-,25-22+,27-10+,29-23-. The van der Waals surface area contributed by atoms with Crippen molar-refractivity contribution in [3.63, 3.8) is 0 Å². The number of nitrogens with two attached hydrogens (primary N) is 1. The van der Waals surface area contributed by atoms with Gasteiger partial charge in [0.1, 0.15) is 5.84 Å². The van der Waals surface area contributed by atoms with E-state index < -0.39 is 0 Å². The van der Waals surface area contributed by atoms with Crippen LogP contribution < -0.4 is 11.1 Å². The van der Waals surface area contributed by atoms with Crippen molar-refractivity contribution in [3.05, 3.63) is 114 Å². The molecule has 0 atom stereocenters. The molecule has 0 amide bonds. The number of nitrogens with zero attached hydrogens (tertiary/aromatic N) is 3. The number of rotatable bonds is 12. The molecule has 194 valence electrons. The van der Waals surface area contributed by atoms with Gasteiger partial charge in [0.25, 0.3) is 0 Å². The first-order valence-corrected chi connectivity index (χ1v) is 12.6. The van der Waals surface area contributed by atoms with E-state index in [9.17, 15) is 0 Å². The highest BCUT2D eigenvalue weighted by Gasteiger charge is 2.10. The van der Waals surface area contributed by atoms with E-state index in [0.29, 0.717) is 5.84 Å². The molecule has 0 bridgehead atoms. The van der Waals surface area contributed by atoms with Crippen molar-refractivity contribution in [2.45, 2.75) is 33.6 Å². The number of amidine groups is 1. The molecule has 0 unspecified atom stereocenters. The molecule has 3 N–H and O–H groups in total. The first kappa shape index (κ1) is 29.3. The third kappa shape index (κ3) is 9.21. The summed E-state index contributed by atoms with van der Waals surface area (Å²) in [7, 11) is 4.17. The summed E-state index contributed by atoms with van der Waals surface area (Å²) < 4.78 is 0. The molecule has 0 saturated carbocycles. The van der Waals surface area contributed by atoms with Crippen LogP contribution in [0.1, 0.15) is 42.5 Å². The number of allylic oxidation sites excluding steroid dienone is 4. The summed E-state index contributed by atoms with van der Waals surface area (Å²) >= 11 is 0. The van der Waals surface area contributed by atoms with Crippen molar-refractivity contribution in [1.29, 1.82) is 0 Å². The topological polar surface area (TPSA) is 66.0 Å². The predicted octanol–water partition coefficient (Wildman–Crippen LogP) is 7.01. The first-order chi connectivity index (χ1) is 17.8. The molecule has 2 aromatic carbocycles. The second-order valence-electron chi connectivity index (χ2n) is 9.09. The van der Waals surface area contributed by atoms with E-state index in [0.717, 1.165) is 52.9 Å². The van der Waals surface area contributed by atoms with Gasteiger partial charge in [0.2, 0.25) is 0 Å². The van der Waals surface area contributed by atoms with Crippen molar-refractivity contribution < 1.29 is 0 Å². The van der Waals surface area contributed by atoms with Crippen LogP contribution in [0.5, 0.6) is 0 Å². The maximum atomic E-state index is 5.66. The molecular formula is C32H41N5. The number of likely N-dealkylation sites (N-methyl/N-ethyl adjacent to an activating group) is 1. The van der Waals surface area contributed by atoms with Gasteiger partial charge in [0, 0.05) is 30.2 Å². The highest BCUT2D eigenvalue weighted by atomic mass is 15.0. The molecule has 0 aromatic heterocycles. The number of aliphatic imine (C=N–C) groups is 2. The Hall–Kier alpha value is -3.96. The van der Waals surface area contributed by atoms with Crippen LogP contribution in [0.25, 0.3) is 11.1 Å². The zero-order valence-corrected chi connectivity index (χ0v) is 23.0. The zero-order chi connectivity index (χ0) is 27.2. The van der Waals surface area contributed by atoms with Crippen LogP contribution in [-0.2, 0) is 6.42 Å². The van der Waals surface area contributed by atoms with Crippen LogP contribution in [0.2, 0.25) is 0 Å². The maximum absolute atomic E-state index is 5.66. The molecule has 5 heteroatoms. The van der Waals surface area contributed by atoms with Crippen LogP contribution in [0.3, 0.4) is 0 Å². The van der Waals surface area contributed by atoms with E-state index in [4.69, 9.17) is 5.73 Å². The van der Waals surface area contributed by atoms with E-state index in [2.05, 4.69) is 123 Å². The van der Waals surface area contributed by atoms with Gasteiger partial charge in [-0.1, -0.05) is 49.9 Å². The van der Waals surface area contributed by atoms with E-state index in [1.165, 1.54) is 17.3 Å². The Labute approximate surface area is 223 Å². The highest BCUT2D eigenvalue weighted by molar-refractivity contribution is 6.11. The summed E-state index contributed by atoms with van der Waals surface area (Å²) in [5, 5.41) is 3.42. The third-order valence-electron chi connectivity index (χ3n) is 5.84. The average molecular weight is 496 g/mol. The van der Waals surface area contributed by atoms with Crippen LogP contribution >= 0.6 is 0 Å². The lowest BCUT2D eigenvalue weighted by Gasteiger charge is -2.14. The van der Waals surface area contributed by atoms with E-state index in [1.54, 1.807) is 12.4 Å². The van der Waals surface area contributed by atoms with Gasteiger partial charge in [-0.3, -0.25) is 4.99 Å². The Morgan fingerprint density at radius 3 is 2.43 bits per heavy atom. The minimum Gasteiger partial charge on any atom is -0.405 e. The second-order valence-corrected chi connectivity index (χ2v) is 9.09. The zero-order valence-electron chi connectivity index (χ0n) is 23.0. The number of nitrogens with one attached hydrogen (secondary N) is 1. The summed E-state index contributed by atoms with van der Waals surface area (Å²) in [6, 6.07) is 14.9. The van der Waals surface area contributed by atoms with Crippen molar-refractivity contribution in [2.75, 3.05) is 26.0 Å². The van der Waals surface area contributed by atoms with Gasteiger partial charge in [-0.15, -0.1) is 0 Å². The van der Waals surface area contributed by atoms with Crippen LogP contribution in [0, 0.1) is 6.92 Å². The maximum Gasteiger partial charge on any atom is 0.139 e. The number of hydrogen-bond acceptors (Lipinski definition) is 4. The van der Waals surface area contributed by atoms with Crippen molar-refractivity contribution >= 4 is 29.4 Å². The number of aryl methyl sites for hydroxylation is 1. The number of anilines is 1. The molecule has 0 fully saturated rings. The fraction of sp³-hybridized carbons (Fsp3) is 0.250. The molecule has 0 heterocycles. The monoisotopic (exact) mass is 495 g/mol. The van der Waals surface area contributed by atoms with E-state index >= 15 is 0 Å². The Morgan fingerprint density at radius 1 is 1.14 bits per heavy atom. The lowest BCUT2D eigenvalue weighted by atomic mass is 9.94. The van der Waals surface area contributed by atoms with Crippen molar-refractivity contribution in [3.8, 4) is 0 Å². The molecule has 0 spiro atoms. The molecule has 0 saturated heterocycles. The number of benzene rings is 2. The quantitative estimate of drug-likeness (QED) is 0.189. The molecule has 0 aliphatic heterocycles. The minimum absolute atomic E-state index is 0.651. The van der Waals surface area contributed by atoms with E-state index in [1.807, 2.05) is 6.08 Å². The SMILES string of the molecule is C=CN=C(Nc1ccc(CCN(C)C)cc1)C(=C\N=C)/C=C(\C)c1ccc(C(/C=C\N)=C/CC)cc1C. The Balaban J connectivity index is 2.35. The molecule has 5 nitrogen and oxygen atoms in total. The van der Waals surface area contributed by atoms with Gasteiger partial charge in [-0.25, -0.2) is 4.99 Å². The number of hydrogen-bond donors (Lipinski definition) is 2. The molecule has 37 heavy (non-hydrogen) atoms. The predicted molar refractivity (Wildman–Crippen MR) is 164 cm³/mol. The second kappa shape index (κ2) is 15.2. The molecule has 2 aromatic rings. The summed E-state index contributed by atoms with van der Waals surface area (Å²) in [6.45, 7) is 14.8. The van der Waals surface area contributed by atoms with Gasteiger partial charge < -0.3 is 16.0 Å². The van der Waals surface area contributed by atoms with Gasteiger partial charge >= 0.3 is 0 Å². The first-order valence-electron chi connectivity index (χ1n) is 12.6. The van der Waals surface area contributed by atoms with Crippen LogP contribution in [-0.4, -0.2) is 38.1 Å². The summed E-state index contributed by atoms with van der Waals surface area (Å²) in [5.74, 6) is 0.651. The third-order valence-corrected chi connectivity index (χ3v) is 5.84. The molecule has 0 aliphatic carbocycles. The normalized spacial score (nSPS) is 13.4. The minimum atomic E-state index is 0.651. The van der Waals surface area contributed by atoms with Gasteiger partial charge in [-0.2, -0.15) is 0 Å². The van der Waals surface area contributed by atoms with Gasteiger partial charge in [0.15, 0.2) is 0 Å². The summed E-state index contributed by atoms with van der Waals surface area (Å²) in [5.41, 5.74) is 14.4. The fourth-order valence-electron chi connectivity index (χ4n) is 3.98. The molecular weight excluding hydrogens is 454 g/mol. The van der Waals surface area contributed by atoms with Gasteiger partial charge in [-0.05, 0) is 111 Å². The van der Waals surface area contributed by atoms with Crippen LogP contribution in [0.15, 0.2) is 101 Å². The smallest absolute Gasteiger partial charge is 0.139 e. The highest BCUT2D eigenvalue weighted by Crippen LogP contribution is 2.26. The van der Waals surface area contributed by atoms with E-state index in [-0.39, 0.29) is 0 Å². The largest absolute Gasteiger partial charge is 0.405 e. The Kier molecular flexibility index (Phi) is 12.0. The lowest BCUT2D eigenvalue weighted by Crippen LogP contribution is -2.15. The van der Waals surface area contributed by atoms with Crippen molar-refractivity contribution in [2.24, 2.45) is 15.7 Å². The Bertz CT molecular complexity index is 1210. The molecule has 2 rings (SSSR count). The van der Waals surface area contributed by atoms with Crippen LogP contribution in [0.4, 0.5) is 5.69 Å². The average Bonchev–Trinajstić information content (AvgIpc) is 2.87. The lowest BCUT2D eigenvalue weighted by molar-refractivity contribution is 0.413. The Morgan fingerprint density at radius 2 is 1.86 bits per heavy atom. The van der Waals surface area contributed by atoms with Gasteiger partial charge in [0.05, 0.1) is 0 Å². The fourth-order valence-corrected chi connectivity index (χ4v) is 3.98. The molecule has 0 aliphatic rings. The summed E-state index contributed by atoms with van der Waals surface area (Å²) in [6.07, 6.45) is 13.0.